The molecule has 23 heavy (non-hydrogen) atoms. The summed E-state index contributed by atoms with van der Waals surface area (Å²) in [4.78, 5) is 0.281. The van der Waals surface area contributed by atoms with Gasteiger partial charge in [-0.05, 0) is 24.1 Å². The van der Waals surface area contributed by atoms with Crippen LogP contribution in [0.15, 0.2) is 71.0 Å². The molecule has 0 aliphatic heterocycles. The van der Waals surface area contributed by atoms with Crippen molar-refractivity contribution in [1.82, 2.24) is 0 Å². The van der Waals surface area contributed by atoms with Crippen molar-refractivity contribution in [1.29, 1.82) is 0 Å². The molecule has 0 aliphatic carbocycles. The second-order valence-electron chi connectivity index (χ2n) is 5.16. The van der Waals surface area contributed by atoms with Crippen LogP contribution in [-0.4, -0.2) is 8.42 Å². The number of benzene rings is 2. The van der Waals surface area contributed by atoms with E-state index >= 15 is 0 Å². The summed E-state index contributed by atoms with van der Waals surface area (Å²) in [5.41, 5.74) is 1.35. The highest BCUT2D eigenvalue weighted by Crippen LogP contribution is 2.19. The summed E-state index contributed by atoms with van der Waals surface area (Å²) in [5.74, 6) is 6.10. The third-order valence-electron chi connectivity index (χ3n) is 3.31. The first-order chi connectivity index (χ1) is 11.1. The average molecular weight is 324 g/mol. The molecule has 2 aromatic carbocycles. The first-order valence-corrected chi connectivity index (χ1v) is 9.24. The van der Waals surface area contributed by atoms with Gasteiger partial charge >= 0.3 is 0 Å². The summed E-state index contributed by atoms with van der Waals surface area (Å²) >= 11 is 0. The fourth-order valence-corrected chi connectivity index (χ4v) is 3.22. The molecule has 0 bridgehead atoms. The second kappa shape index (κ2) is 8.36. The van der Waals surface area contributed by atoms with Crippen LogP contribution in [0, 0.1) is 11.8 Å². The Morgan fingerprint density at radius 3 is 2.22 bits per heavy atom. The topological polar surface area (TPSA) is 34.1 Å². The van der Waals surface area contributed by atoms with Gasteiger partial charge in [0.2, 0.25) is 9.84 Å². The van der Waals surface area contributed by atoms with Crippen molar-refractivity contribution < 1.29 is 8.42 Å². The minimum atomic E-state index is -3.51. The Morgan fingerprint density at radius 2 is 1.61 bits per heavy atom. The van der Waals surface area contributed by atoms with Gasteiger partial charge in [0.05, 0.1) is 10.3 Å². The molecule has 2 nitrogen and oxygen atoms in total. The van der Waals surface area contributed by atoms with Gasteiger partial charge in [0, 0.05) is 12.0 Å². The van der Waals surface area contributed by atoms with E-state index in [4.69, 9.17) is 0 Å². The highest BCUT2D eigenvalue weighted by molar-refractivity contribution is 7.94. The van der Waals surface area contributed by atoms with Crippen LogP contribution in [0.3, 0.4) is 0 Å². The molecule has 0 unspecified atom stereocenters. The standard InChI is InChI=1S/C20H20O2S/c1-2-3-4-7-14-19(18-12-8-5-9-13-18)17-23(21,22)20-15-10-6-11-16-20/h5-6,8-13,15-17H,2-4H2,1H3/b19-17+. The third-order valence-corrected chi connectivity index (χ3v) is 4.78. The number of allylic oxidation sites excluding steroid dienone is 1. The maximum atomic E-state index is 12.6. The summed E-state index contributed by atoms with van der Waals surface area (Å²) in [6.07, 6.45) is 2.86. The van der Waals surface area contributed by atoms with Gasteiger partial charge in [0.15, 0.2) is 0 Å². The second-order valence-corrected chi connectivity index (χ2v) is 6.96. The van der Waals surface area contributed by atoms with Crippen LogP contribution in [0.4, 0.5) is 0 Å². The Hall–Kier alpha value is -2.31. The summed E-state index contributed by atoms with van der Waals surface area (Å²) in [6, 6.07) is 17.8. The first-order valence-electron chi connectivity index (χ1n) is 7.69. The summed E-state index contributed by atoms with van der Waals surface area (Å²) in [7, 11) is -3.51. The van der Waals surface area contributed by atoms with Crippen molar-refractivity contribution in [2.75, 3.05) is 0 Å². The Kier molecular flexibility index (Phi) is 6.19. The first kappa shape index (κ1) is 17.1. The Labute approximate surface area is 138 Å². The predicted octanol–water partition coefficient (Wildman–Crippen LogP) is 4.70. The molecule has 0 N–H and O–H groups in total. The summed E-state index contributed by atoms with van der Waals surface area (Å²) in [6.45, 7) is 2.11. The van der Waals surface area contributed by atoms with Crippen LogP contribution in [0.5, 0.6) is 0 Å². The van der Waals surface area contributed by atoms with E-state index in [1.165, 1.54) is 5.41 Å². The minimum absolute atomic E-state index is 0.281. The van der Waals surface area contributed by atoms with Crippen LogP contribution in [-0.2, 0) is 9.84 Å². The summed E-state index contributed by atoms with van der Waals surface area (Å²) < 4.78 is 25.1. The molecule has 0 saturated heterocycles. The zero-order chi connectivity index (χ0) is 16.5. The maximum absolute atomic E-state index is 12.6. The fraction of sp³-hybridized carbons (Fsp3) is 0.200. The zero-order valence-electron chi connectivity index (χ0n) is 13.2. The molecule has 0 amide bonds. The van der Waals surface area contributed by atoms with Gasteiger partial charge in [-0.3, -0.25) is 0 Å². The van der Waals surface area contributed by atoms with E-state index in [1.807, 2.05) is 30.3 Å². The molecule has 0 radical (unpaired) electrons. The van der Waals surface area contributed by atoms with Crippen LogP contribution in [0.1, 0.15) is 31.7 Å². The lowest BCUT2D eigenvalue weighted by molar-refractivity contribution is 0.605. The van der Waals surface area contributed by atoms with Gasteiger partial charge in [-0.2, -0.15) is 0 Å². The molecule has 2 rings (SSSR count). The van der Waals surface area contributed by atoms with E-state index in [1.54, 1.807) is 30.3 Å². The maximum Gasteiger partial charge on any atom is 0.201 e. The quantitative estimate of drug-likeness (QED) is 0.590. The third kappa shape index (κ3) is 5.12. The molecule has 2 aromatic rings. The largest absolute Gasteiger partial charge is 0.219 e. The van der Waals surface area contributed by atoms with Crippen LogP contribution >= 0.6 is 0 Å². The van der Waals surface area contributed by atoms with Crippen LogP contribution < -0.4 is 0 Å². The van der Waals surface area contributed by atoms with Gasteiger partial charge in [-0.15, -0.1) is 0 Å². The number of unbranched alkanes of at least 4 members (excludes halogenated alkanes) is 2. The van der Waals surface area contributed by atoms with E-state index in [9.17, 15) is 8.42 Å². The molecule has 0 spiro atoms. The molecule has 0 atom stereocenters. The molecule has 0 fully saturated rings. The smallest absolute Gasteiger partial charge is 0.201 e. The fourth-order valence-electron chi connectivity index (χ4n) is 2.04. The lowest BCUT2D eigenvalue weighted by Crippen LogP contribution is -1.97. The van der Waals surface area contributed by atoms with Crippen molar-refractivity contribution in [3.63, 3.8) is 0 Å². The number of hydrogen-bond acceptors (Lipinski definition) is 2. The van der Waals surface area contributed by atoms with Gasteiger partial charge in [0.25, 0.3) is 0 Å². The Balaban J connectivity index is 2.42. The predicted molar refractivity (Wildman–Crippen MR) is 95.3 cm³/mol. The van der Waals surface area contributed by atoms with Gasteiger partial charge in [-0.25, -0.2) is 8.42 Å². The highest BCUT2D eigenvalue weighted by Gasteiger charge is 2.12. The lowest BCUT2D eigenvalue weighted by Gasteiger charge is -2.03. The van der Waals surface area contributed by atoms with Crippen LogP contribution in [0.25, 0.3) is 5.57 Å². The van der Waals surface area contributed by atoms with Crippen molar-refractivity contribution in [3.8, 4) is 11.8 Å². The molecule has 0 saturated carbocycles. The molecular weight excluding hydrogens is 304 g/mol. The SMILES string of the molecule is CCCCC#C/C(=C\S(=O)(=O)c1ccccc1)c1ccccc1. The van der Waals surface area contributed by atoms with Crippen molar-refractivity contribution in [2.45, 2.75) is 31.1 Å². The normalized spacial score (nSPS) is 11.6. The lowest BCUT2D eigenvalue weighted by atomic mass is 10.1. The molecular formula is C20H20O2S. The van der Waals surface area contributed by atoms with E-state index < -0.39 is 9.84 Å². The van der Waals surface area contributed by atoms with Gasteiger partial charge in [0.1, 0.15) is 0 Å². The molecule has 118 valence electrons. The summed E-state index contributed by atoms with van der Waals surface area (Å²) in [5, 5.41) is 1.27. The van der Waals surface area contributed by atoms with E-state index in [2.05, 4.69) is 18.8 Å². The Morgan fingerprint density at radius 1 is 1.00 bits per heavy atom. The van der Waals surface area contributed by atoms with Crippen LogP contribution in [0.2, 0.25) is 0 Å². The van der Waals surface area contributed by atoms with E-state index in [0.29, 0.717) is 5.57 Å². The average Bonchev–Trinajstić information content (AvgIpc) is 2.59. The monoisotopic (exact) mass is 324 g/mol. The number of hydrogen-bond donors (Lipinski definition) is 0. The van der Waals surface area contributed by atoms with Crippen molar-refractivity contribution in [3.05, 3.63) is 71.6 Å². The zero-order valence-corrected chi connectivity index (χ0v) is 14.0. The number of rotatable bonds is 5. The minimum Gasteiger partial charge on any atom is -0.219 e. The molecule has 0 aliphatic rings. The van der Waals surface area contributed by atoms with Crippen molar-refractivity contribution in [2.24, 2.45) is 0 Å². The Bertz CT molecular complexity index is 808. The van der Waals surface area contributed by atoms with E-state index in [-0.39, 0.29) is 4.90 Å². The number of sulfone groups is 1. The molecule has 0 heterocycles. The molecule has 0 aromatic heterocycles. The van der Waals surface area contributed by atoms with E-state index in [0.717, 1.165) is 24.8 Å². The molecule has 3 heteroatoms. The van der Waals surface area contributed by atoms with Gasteiger partial charge in [-0.1, -0.05) is 73.7 Å². The highest BCUT2D eigenvalue weighted by atomic mass is 32.2. The van der Waals surface area contributed by atoms with Gasteiger partial charge < -0.3 is 0 Å². The van der Waals surface area contributed by atoms with Crippen molar-refractivity contribution >= 4 is 15.4 Å².